The number of nitrogens with two attached hydrogens (primary N) is 1. The van der Waals surface area contributed by atoms with Gasteiger partial charge in [0.2, 0.25) is 5.91 Å². The van der Waals surface area contributed by atoms with Crippen LogP contribution in [0.3, 0.4) is 0 Å². The molecule has 1 unspecified atom stereocenters. The highest BCUT2D eigenvalue weighted by atomic mass is 35.5. The first-order valence-electron chi connectivity index (χ1n) is 5.56. The Balaban J connectivity index is 2.29. The molecule has 1 aromatic carbocycles. The second-order valence-corrected chi connectivity index (χ2v) is 4.69. The Morgan fingerprint density at radius 3 is 2.78 bits per heavy atom. The highest BCUT2D eigenvalue weighted by molar-refractivity contribution is 6.34. The van der Waals surface area contributed by atoms with E-state index in [1.165, 1.54) is 12.1 Å². The van der Waals surface area contributed by atoms with E-state index in [0.29, 0.717) is 25.2 Å². The Morgan fingerprint density at radius 2 is 2.28 bits per heavy atom. The molecule has 5 nitrogen and oxygen atoms in total. The third-order valence-electron chi connectivity index (χ3n) is 3.02. The number of anilines is 1. The third kappa shape index (κ3) is 2.32. The number of hydrogen-bond donors (Lipinski definition) is 2. The zero-order valence-corrected chi connectivity index (χ0v) is 10.4. The number of aromatic carboxylic acids is 1. The van der Waals surface area contributed by atoms with Crippen LogP contribution in [-0.4, -0.2) is 30.1 Å². The van der Waals surface area contributed by atoms with Gasteiger partial charge in [-0.3, -0.25) is 4.79 Å². The van der Waals surface area contributed by atoms with Crippen LogP contribution in [0.25, 0.3) is 0 Å². The number of carboxylic acid groups (broad SMARTS) is 1. The lowest BCUT2D eigenvalue weighted by atomic mass is 10.1. The fraction of sp³-hybridized carbons (Fsp3) is 0.333. The normalized spacial score (nSPS) is 19.3. The number of rotatable bonds is 3. The highest BCUT2D eigenvalue weighted by Crippen LogP contribution is 2.31. The van der Waals surface area contributed by atoms with Gasteiger partial charge in [-0.25, -0.2) is 4.79 Å². The molecule has 96 valence electrons. The Labute approximate surface area is 109 Å². The summed E-state index contributed by atoms with van der Waals surface area (Å²) < 4.78 is 0. The van der Waals surface area contributed by atoms with Crippen LogP contribution in [0.2, 0.25) is 5.02 Å². The van der Waals surface area contributed by atoms with Crippen LogP contribution in [0, 0.1) is 5.92 Å². The maximum atomic E-state index is 11.8. The number of carbonyl (C=O) groups excluding carboxylic acids is 1. The number of carbonyl (C=O) groups is 2. The molecule has 1 fully saturated rings. The van der Waals surface area contributed by atoms with Crippen LogP contribution in [-0.2, 0) is 4.79 Å². The molecule has 0 saturated carbocycles. The predicted molar refractivity (Wildman–Crippen MR) is 67.9 cm³/mol. The van der Waals surface area contributed by atoms with E-state index in [1.54, 1.807) is 11.0 Å². The van der Waals surface area contributed by atoms with Crippen molar-refractivity contribution in [2.75, 3.05) is 18.0 Å². The van der Waals surface area contributed by atoms with E-state index in [-0.39, 0.29) is 22.4 Å². The first-order valence-corrected chi connectivity index (χ1v) is 5.94. The molecule has 6 heteroatoms. The molecule has 1 amide bonds. The van der Waals surface area contributed by atoms with Crippen LogP contribution in [0.5, 0.6) is 0 Å². The van der Waals surface area contributed by atoms with E-state index < -0.39 is 5.97 Å². The molecule has 0 aromatic heterocycles. The lowest BCUT2D eigenvalue weighted by Crippen LogP contribution is -2.26. The molecule has 1 aliphatic heterocycles. The largest absolute Gasteiger partial charge is 0.478 e. The fourth-order valence-electron chi connectivity index (χ4n) is 2.03. The number of nitrogens with zero attached hydrogens (tertiary/aromatic N) is 1. The molecule has 3 N–H and O–H groups in total. The van der Waals surface area contributed by atoms with Gasteiger partial charge >= 0.3 is 5.97 Å². The van der Waals surface area contributed by atoms with Gasteiger partial charge < -0.3 is 15.7 Å². The van der Waals surface area contributed by atoms with Gasteiger partial charge in [0.1, 0.15) is 0 Å². The van der Waals surface area contributed by atoms with Crippen LogP contribution in [0.1, 0.15) is 16.8 Å². The second-order valence-electron chi connectivity index (χ2n) is 4.28. The van der Waals surface area contributed by atoms with E-state index >= 15 is 0 Å². The molecule has 18 heavy (non-hydrogen) atoms. The maximum absolute atomic E-state index is 11.8. The van der Waals surface area contributed by atoms with Gasteiger partial charge in [0.05, 0.1) is 16.3 Å². The maximum Gasteiger partial charge on any atom is 0.335 e. The van der Waals surface area contributed by atoms with Gasteiger partial charge in [-0.1, -0.05) is 11.6 Å². The molecule has 1 saturated heterocycles. The average molecular weight is 269 g/mol. The summed E-state index contributed by atoms with van der Waals surface area (Å²) >= 11 is 6.02. The van der Waals surface area contributed by atoms with Crippen molar-refractivity contribution in [2.24, 2.45) is 11.7 Å². The highest BCUT2D eigenvalue weighted by Gasteiger charge is 2.30. The molecule has 0 spiro atoms. The van der Waals surface area contributed by atoms with Crippen molar-refractivity contribution in [1.82, 2.24) is 0 Å². The van der Waals surface area contributed by atoms with Gasteiger partial charge in [-0.2, -0.15) is 0 Å². The van der Waals surface area contributed by atoms with Gasteiger partial charge in [-0.15, -0.1) is 0 Å². The van der Waals surface area contributed by atoms with Crippen molar-refractivity contribution >= 4 is 29.2 Å². The Morgan fingerprint density at radius 1 is 1.56 bits per heavy atom. The number of benzene rings is 1. The summed E-state index contributed by atoms with van der Waals surface area (Å²) in [5.74, 6) is -0.945. The van der Waals surface area contributed by atoms with E-state index in [0.717, 1.165) is 0 Å². The summed E-state index contributed by atoms with van der Waals surface area (Å²) in [6.07, 6.45) is 0.410. The summed E-state index contributed by atoms with van der Waals surface area (Å²) in [5, 5.41) is 9.11. The predicted octanol–water partition coefficient (Wildman–Crippen LogP) is 1.35. The molecule has 0 aliphatic carbocycles. The zero-order chi connectivity index (χ0) is 13.3. The van der Waals surface area contributed by atoms with Crippen molar-refractivity contribution in [3.05, 3.63) is 28.8 Å². The van der Waals surface area contributed by atoms with E-state index in [2.05, 4.69) is 0 Å². The summed E-state index contributed by atoms with van der Waals surface area (Å²) in [5.41, 5.74) is 6.20. The van der Waals surface area contributed by atoms with Gasteiger partial charge in [0.15, 0.2) is 0 Å². The Bertz CT molecular complexity index is 504. The molecular weight excluding hydrogens is 256 g/mol. The first-order chi connectivity index (χ1) is 8.52. The number of hydrogen-bond acceptors (Lipinski definition) is 3. The van der Waals surface area contributed by atoms with E-state index in [9.17, 15) is 9.59 Å². The van der Waals surface area contributed by atoms with Gasteiger partial charge in [-0.05, 0) is 30.7 Å². The topological polar surface area (TPSA) is 83.6 Å². The molecule has 0 bridgehead atoms. The molecule has 1 aromatic rings. The summed E-state index contributed by atoms with van der Waals surface area (Å²) in [7, 11) is 0. The van der Waals surface area contributed by atoms with Crippen LogP contribution < -0.4 is 10.6 Å². The summed E-state index contributed by atoms with van der Waals surface area (Å²) in [6.45, 7) is 0.981. The van der Waals surface area contributed by atoms with Crippen molar-refractivity contribution in [3.8, 4) is 0 Å². The van der Waals surface area contributed by atoms with Crippen LogP contribution >= 0.6 is 11.6 Å². The second kappa shape index (κ2) is 4.96. The van der Waals surface area contributed by atoms with Gasteiger partial charge in [0, 0.05) is 13.0 Å². The van der Waals surface area contributed by atoms with Crippen LogP contribution in [0.4, 0.5) is 5.69 Å². The Hall–Kier alpha value is -1.59. The molecule has 2 rings (SSSR count). The zero-order valence-electron chi connectivity index (χ0n) is 9.60. The SMILES string of the molecule is NCC1CC(=O)N(c2ccc(C(=O)O)cc2Cl)C1. The van der Waals surface area contributed by atoms with Crippen molar-refractivity contribution in [3.63, 3.8) is 0 Å². The standard InChI is InChI=1S/C12H13ClN2O3/c13-9-4-8(12(17)18)1-2-10(9)15-6-7(5-14)3-11(15)16/h1-2,4,7H,3,5-6,14H2,(H,17,18). The summed E-state index contributed by atoms with van der Waals surface area (Å²) in [6, 6.07) is 4.34. The minimum atomic E-state index is -1.05. The smallest absolute Gasteiger partial charge is 0.335 e. The number of halogens is 1. The monoisotopic (exact) mass is 268 g/mol. The van der Waals surface area contributed by atoms with E-state index in [1.807, 2.05) is 0 Å². The quantitative estimate of drug-likeness (QED) is 0.867. The molecular formula is C12H13ClN2O3. The van der Waals surface area contributed by atoms with E-state index in [4.69, 9.17) is 22.4 Å². The third-order valence-corrected chi connectivity index (χ3v) is 3.33. The molecule has 1 aliphatic rings. The van der Waals surface area contributed by atoms with Crippen molar-refractivity contribution < 1.29 is 14.7 Å². The molecule has 1 heterocycles. The molecule has 0 radical (unpaired) electrons. The number of amides is 1. The average Bonchev–Trinajstić information content (AvgIpc) is 2.70. The fourth-order valence-corrected chi connectivity index (χ4v) is 2.31. The van der Waals surface area contributed by atoms with Crippen LogP contribution in [0.15, 0.2) is 18.2 Å². The lowest BCUT2D eigenvalue weighted by Gasteiger charge is -2.18. The summed E-state index contributed by atoms with van der Waals surface area (Å²) in [4.78, 5) is 24.2. The van der Waals surface area contributed by atoms with Crippen molar-refractivity contribution in [2.45, 2.75) is 6.42 Å². The van der Waals surface area contributed by atoms with Crippen molar-refractivity contribution in [1.29, 1.82) is 0 Å². The number of carboxylic acids is 1. The van der Waals surface area contributed by atoms with Gasteiger partial charge in [0.25, 0.3) is 0 Å². The minimum absolute atomic E-state index is 0.0320. The Kier molecular flexibility index (Phi) is 3.54. The minimum Gasteiger partial charge on any atom is -0.478 e. The molecule has 1 atom stereocenters. The lowest BCUT2D eigenvalue weighted by molar-refractivity contribution is -0.117. The first kappa shape index (κ1) is 12.9.